The summed E-state index contributed by atoms with van der Waals surface area (Å²) in [7, 11) is 0. The highest BCUT2D eigenvalue weighted by molar-refractivity contribution is 5.85. The molecule has 1 saturated heterocycles. The number of rotatable bonds is 2. The van der Waals surface area contributed by atoms with Crippen LogP contribution >= 0.6 is 12.4 Å². The molecule has 3 nitrogen and oxygen atoms in total. The zero-order valence-corrected chi connectivity index (χ0v) is 12.7. The van der Waals surface area contributed by atoms with E-state index in [0.717, 1.165) is 25.2 Å². The van der Waals surface area contributed by atoms with E-state index in [9.17, 15) is 4.79 Å². The van der Waals surface area contributed by atoms with Crippen LogP contribution in [0.5, 0.6) is 0 Å². The monoisotopic (exact) mass is 282 g/mol. The molecule has 1 N–H and O–H groups in total. The zero-order valence-electron chi connectivity index (χ0n) is 11.9. The van der Waals surface area contributed by atoms with E-state index in [2.05, 4.69) is 44.3 Å². The highest BCUT2D eigenvalue weighted by atomic mass is 35.5. The average Bonchev–Trinajstić information content (AvgIpc) is 2.34. The van der Waals surface area contributed by atoms with Gasteiger partial charge in [-0.2, -0.15) is 0 Å². The van der Waals surface area contributed by atoms with Crippen molar-refractivity contribution in [2.24, 2.45) is 0 Å². The Morgan fingerprint density at radius 1 is 1.42 bits per heavy atom. The Morgan fingerprint density at radius 3 is 2.84 bits per heavy atom. The number of hydrogen-bond donors (Lipinski definition) is 1. The van der Waals surface area contributed by atoms with Crippen LogP contribution < -0.4 is 5.32 Å². The van der Waals surface area contributed by atoms with Gasteiger partial charge >= 0.3 is 0 Å². The van der Waals surface area contributed by atoms with Crippen molar-refractivity contribution in [3.63, 3.8) is 0 Å². The molecule has 0 bridgehead atoms. The third-order valence-corrected chi connectivity index (χ3v) is 3.57. The molecule has 1 aliphatic rings. The maximum atomic E-state index is 12.3. The first-order valence-electron chi connectivity index (χ1n) is 6.63. The molecule has 0 radical (unpaired) electrons. The number of hydrogen-bond acceptors (Lipinski definition) is 2. The predicted molar refractivity (Wildman–Crippen MR) is 80.9 cm³/mol. The summed E-state index contributed by atoms with van der Waals surface area (Å²) >= 11 is 0. The molecule has 1 aromatic carbocycles. The summed E-state index contributed by atoms with van der Waals surface area (Å²) in [5.41, 5.74) is 3.58. The molecule has 1 aromatic rings. The van der Waals surface area contributed by atoms with Crippen molar-refractivity contribution >= 4 is 18.3 Å². The standard InChI is InChI=1S/C15H22N2O.ClH/c1-11-4-5-12(2)14(8-11)9-15(18)17-7-6-16-13(3)10-17;/h4-5,8,13,16H,6-7,9-10H2,1-3H3;1H/t13-;/m0./s1. The van der Waals surface area contributed by atoms with Crippen molar-refractivity contribution in [3.8, 4) is 0 Å². The summed E-state index contributed by atoms with van der Waals surface area (Å²) in [4.78, 5) is 14.2. The SMILES string of the molecule is Cc1ccc(C)c(CC(=O)N2CCN[C@@H](C)C2)c1.Cl. The second-order valence-corrected chi connectivity index (χ2v) is 5.30. The molecule has 0 saturated carbocycles. The minimum absolute atomic E-state index is 0. The summed E-state index contributed by atoms with van der Waals surface area (Å²) in [6, 6.07) is 6.72. The van der Waals surface area contributed by atoms with E-state index < -0.39 is 0 Å². The Morgan fingerprint density at radius 2 is 2.16 bits per heavy atom. The van der Waals surface area contributed by atoms with Gasteiger partial charge in [0, 0.05) is 25.7 Å². The van der Waals surface area contributed by atoms with Crippen LogP contribution in [0.4, 0.5) is 0 Å². The summed E-state index contributed by atoms with van der Waals surface area (Å²) < 4.78 is 0. The average molecular weight is 283 g/mol. The van der Waals surface area contributed by atoms with Crippen LogP contribution in [0.3, 0.4) is 0 Å². The van der Waals surface area contributed by atoms with Gasteiger partial charge in [-0.3, -0.25) is 4.79 Å². The first-order valence-corrected chi connectivity index (χ1v) is 6.63. The molecular weight excluding hydrogens is 260 g/mol. The third-order valence-electron chi connectivity index (χ3n) is 3.57. The molecule has 19 heavy (non-hydrogen) atoms. The number of piperazine rings is 1. The van der Waals surface area contributed by atoms with Gasteiger partial charge in [0.05, 0.1) is 6.42 Å². The fraction of sp³-hybridized carbons (Fsp3) is 0.533. The lowest BCUT2D eigenvalue weighted by Crippen LogP contribution is -2.51. The van der Waals surface area contributed by atoms with Crippen LogP contribution in [-0.4, -0.2) is 36.5 Å². The highest BCUT2D eigenvalue weighted by Crippen LogP contribution is 2.13. The Labute approximate surface area is 121 Å². The lowest BCUT2D eigenvalue weighted by atomic mass is 10.0. The topological polar surface area (TPSA) is 32.3 Å². The van der Waals surface area contributed by atoms with Crippen molar-refractivity contribution in [1.29, 1.82) is 0 Å². The summed E-state index contributed by atoms with van der Waals surface area (Å²) in [6.07, 6.45) is 0.528. The van der Waals surface area contributed by atoms with E-state index in [1.54, 1.807) is 0 Å². The first kappa shape index (κ1) is 16.0. The molecule has 1 aliphatic heterocycles. The van der Waals surface area contributed by atoms with Gasteiger partial charge in [0.2, 0.25) is 5.91 Å². The quantitative estimate of drug-likeness (QED) is 0.901. The molecule has 0 aliphatic carbocycles. The second-order valence-electron chi connectivity index (χ2n) is 5.30. The molecule has 1 heterocycles. The zero-order chi connectivity index (χ0) is 13.1. The Kier molecular flexibility index (Phi) is 5.83. The Hall–Kier alpha value is -1.06. The molecule has 4 heteroatoms. The lowest BCUT2D eigenvalue weighted by Gasteiger charge is -2.32. The fourth-order valence-corrected chi connectivity index (χ4v) is 2.42. The molecule has 2 rings (SSSR count). The number of amides is 1. The minimum Gasteiger partial charge on any atom is -0.340 e. The summed E-state index contributed by atoms with van der Waals surface area (Å²) in [5.74, 6) is 0.247. The van der Waals surface area contributed by atoms with E-state index in [1.165, 1.54) is 11.1 Å². The molecule has 0 aromatic heterocycles. The minimum atomic E-state index is 0. The molecule has 0 spiro atoms. The highest BCUT2D eigenvalue weighted by Gasteiger charge is 2.20. The van der Waals surface area contributed by atoms with Gasteiger partial charge in [-0.05, 0) is 31.9 Å². The largest absolute Gasteiger partial charge is 0.340 e. The van der Waals surface area contributed by atoms with Crippen molar-refractivity contribution in [2.45, 2.75) is 33.2 Å². The maximum Gasteiger partial charge on any atom is 0.227 e. The van der Waals surface area contributed by atoms with Crippen molar-refractivity contribution < 1.29 is 4.79 Å². The second kappa shape index (κ2) is 6.92. The molecule has 0 unspecified atom stereocenters. The van der Waals surface area contributed by atoms with Crippen LogP contribution in [0, 0.1) is 13.8 Å². The van der Waals surface area contributed by atoms with Crippen molar-refractivity contribution in [1.82, 2.24) is 10.2 Å². The van der Waals surface area contributed by atoms with Crippen LogP contribution in [-0.2, 0) is 11.2 Å². The first-order chi connectivity index (χ1) is 8.56. The van der Waals surface area contributed by atoms with Gasteiger partial charge in [0.25, 0.3) is 0 Å². The smallest absolute Gasteiger partial charge is 0.227 e. The molecule has 1 fully saturated rings. The van der Waals surface area contributed by atoms with E-state index in [1.807, 2.05) is 4.90 Å². The summed E-state index contributed by atoms with van der Waals surface area (Å²) in [6.45, 7) is 8.82. The molecule has 1 atom stereocenters. The number of halogens is 1. The molecule has 106 valence electrons. The van der Waals surface area contributed by atoms with Crippen LogP contribution in [0.15, 0.2) is 18.2 Å². The van der Waals surface area contributed by atoms with Crippen LogP contribution in [0.1, 0.15) is 23.6 Å². The predicted octanol–water partition coefficient (Wildman–Crippen LogP) is 2.09. The van der Waals surface area contributed by atoms with Crippen molar-refractivity contribution in [3.05, 3.63) is 34.9 Å². The third kappa shape index (κ3) is 4.22. The van der Waals surface area contributed by atoms with Gasteiger partial charge < -0.3 is 10.2 Å². The van der Waals surface area contributed by atoms with Gasteiger partial charge in [-0.25, -0.2) is 0 Å². The maximum absolute atomic E-state index is 12.3. The van der Waals surface area contributed by atoms with Crippen molar-refractivity contribution in [2.75, 3.05) is 19.6 Å². The molecular formula is C15H23ClN2O. The lowest BCUT2D eigenvalue weighted by molar-refractivity contribution is -0.131. The number of nitrogens with zero attached hydrogens (tertiary/aromatic N) is 1. The van der Waals surface area contributed by atoms with E-state index >= 15 is 0 Å². The fourth-order valence-electron chi connectivity index (χ4n) is 2.42. The number of nitrogens with one attached hydrogen (secondary N) is 1. The molecule has 1 amide bonds. The Bertz CT molecular complexity index is 448. The number of carbonyl (C=O) groups excluding carboxylic acids is 1. The van der Waals surface area contributed by atoms with Gasteiger partial charge in [0.1, 0.15) is 0 Å². The van der Waals surface area contributed by atoms with Gasteiger partial charge in [0.15, 0.2) is 0 Å². The number of aryl methyl sites for hydroxylation is 2. The van der Waals surface area contributed by atoms with Gasteiger partial charge in [-0.15, -0.1) is 12.4 Å². The normalized spacial score (nSPS) is 18.9. The summed E-state index contributed by atoms with van der Waals surface area (Å²) in [5, 5.41) is 3.36. The van der Waals surface area contributed by atoms with E-state index in [4.69, 9.17) is 0 Å². The van der Waals surface area contributed by atoms with E-state index in [0.29, 0.717) is 12.5 Å². The number of benzene rings is 1. The van der Waals surface area contributed by atoms with E-state index in [-0.39, 0.29) is 18.3 Å². The van der Waals surface area contributed by atoms with Crippen LogP contribution in [0.2, 0.25) is 0 Å². The Balaban J connectivity index is 0.00000180. The number of carbonyl (C=O) groups is 1. The van der Waals surface area contributed by atoms with Crippen LogP contribution in [0.25, 0.3) is 0 Å². The van der Waals surface area contributed by atoms with Gasteiger partial charge in [-0.1, -0.05) is 23.8 Å².